The zero-order valence-corrected chi connectivity index (χ0v) is 11.6. The van der Waals surface area contributed by atoms with Crippen LogP contribution in [0.25, 0.3) is 0 Å². The predicted octanol–water partition coefficient (Wildman–Crippen LogP) is 3.03. The topological polar surface area (TPSA) is 44.5 Å². The first-order valence-corrected chi connectivity index (χ1v) is 6.70. The maximum atomic E-state index is 6.22. The van der Waals surface area contributed by atoms with Crippen molar-refractivity contribution < 1.29 is 9.47 Å². The highest BCUT2D eigenvalue weighted by Gasteiger charge is 2.20. The van der Waals surface area contributed by atoms with E-state index in [4.69, 9.17) is 15.2 Å². The highest BCUT2D eigenvalue weighted by atomic mass is 79.9. The second-order valence-corrected chi connectivity index (χ2v) is 5.22. The van der Waals surface area contributed by atoms with Crippen molar-refractivity contribution in [3.63, 3.8) is 0 Å². The molecule has 0 bridgehead atoms. The lowest BCUT2D eigenvalue weighted by Crippen LogP contribution is -2.18. The van der Waals surface area contributed by atoms with Gasteiger partial charge in [-0.05, 0) is 37.0 Å². The molecule has 94 valence electrons. The fraction of sp³-hybridized carbons (Fsp3) is 0.538. The third-order valence-electron chi connectivity index (χ3n) is 3.15. The van der Waals surface area contributed by atoms with Gasteiger partial charge in [-0.15, -0.1) is 0 Å². The fourth-order valence-corrected chi connectivity index (χ4v) is 2.83. The predicted molar refractivity (Wildman–Crippen MR) is 71.2 cm³/mol. The summed E-state index contributed by atoms with van der Waals surface area (Å²) in [6.45, 7) is 0.876. The summed E-state index contributed by atoms with van der Waals surface area (Å²) in [4.78, 5) is 0. The third kappa shape index (κ3) is 3.21. The van der Waals surface area contributed by atoms with Gasteiger partial charge in [0.15, 0.2) is 0 Å². The van der Waals surface area contributed by atoms with Gasteiger partial charge in [-0.25, -0.2) is 0 Å². The van der Waals surface area contributed by atoms with Crippen molar-refractivity contribution in [2.45, 2.75) is 31.4 Å². The van der Waals surface area contributed by atoms with Crippen LogP contribution in [0.15, 0.2) is 22.7 Å². The molecule has 2 N–H and O–H groups in total. The van der Waals surface area contributed by atoms with Crippen molar-refractivity contribution in [1.29, 1.82) is 0 Å². The Hall–Kier alpha value is -0.580. The van der Waals surface area contributed by atoms with Crippen LogP contribution < -0.4 is 10.5 Å². The van der Waals surface area contributed by atoms with E-state index < -0.39 is 0 Å². The maximum Gasteiger partial charge on any atom is 0.120 e. The van der Waals surface area contributed by atoms with Gasteiger partial charge in [0.1, 0.15) is 5.75 Å². The second kappa shape index (κ2) is 5.85. The molecule has 1 aliphatic heterocycles. The summed E-state index contributed by atoms with van der Waals surface area (Å²) in [5.41, 5.74) is 7.33. The first kappa shape index (κ1) is 12.9. The van der Waals surface area contributed by atoms with Crippen LogP contribution in [-0.2, 0) is 4.74 Å². The van der Waals surface area contributed by atoms with E-state index in [0.29, 0.717) is 6.10 Å². The van der Waals surface area contributed by atoms with E-state index in [2.05, 4.69) is 15.9 Å². The van der Waals surface area contributed by atoms with Crippen LogP contribution in [0.1, 0.15) is 30.9 Å². The van der Waals surface area contributed by atoms with Crippen LogP contribution in [-0.4, -0.2) is 19.8 Å². The Morgan fingerprint density at radius 1 is 1.59 bits per heavy atom. The van der Waals surface area contributed by atoms with Crippen LogP contribution in [0.3, 0.4) is 0 Å². The summed E-state index contributed by atoms with van der Waals surface area (Å²) >= 11 is 3.54. The normalized spacial score (nSPS) is 21.5. The van der Waals surface area contributed by atoms with Crippen LogP contribution in [0.5, 0.6) is 5.75 Å². The van der Waals surface area contributed by atoms with Gasteiger partial charge in [-0.2, -0.15) is 0 Å². The number of hydrogen-bond donors (Lipinski definition) is 1. The van der Waals surface area contributed by atoms with Crippen LogP contribution in [0, 0.1) is 0 Å². The van der Waals surface area contributed by atoms with Gasteiger partial charge in [0.05, 0.1) is 13.2 Å². The monoisotopic (exact) mass is 299 g/mol. The van der Waals surface area contributed by atoms with E-state index in [1.807, 2.05) is 18.2 Å². The SMILES string of the molecule is COc1ccc(C(N)CC2CCCO2)c(Br)c1. The lowest BCUT2D eigenvalue weighted by atomic mass is 10.00. The van der Waals surface area contributed by atoms with E-state index in [1.165, 1.54) is 0 Å². The summed E-state index contributed by atoms with van der Waals surface area (Å²) < 4.78 is 11.8. The summed E-state index contributed by atoms with van der Waals surface area (Å²) in [6, 6.07) is 5.92. The minimum atomic E-state index is 0.0124. The van der Waals surface area contributed by atoms with Crippen molar-refractivity contribution >= 4 is 15.9 Å². The Balaban J connectivity index is 2.04. The number of methoxy groups -OCH3 is 1. The number of hydrogen-bond acceptors (Lipinski definition) is 3. The maximum absolute atomic E-state index is 6.22. The standard InChI is InChI=1S/C13H18BrNO2/c1-16-9-4-5-11(12(14)7-9)13(15)8-10-3-2-6-17-10/h4-5,7,10,13H,2-3,6,8,15H2,1H3. The molecule has 0 saturated carbocycles. The number of ether oxygens (including phenoxy) is 2. The smallest absolute Gasteiger partial charge is 0.120 e. The summed E-state index contributed by atoms with van der Waals surface area (Å²) in [5.74, 6) is 0.838. The molecule has 1 aliphatic rings. The van der Waals surface area contributed by atoms with E-state index in [1.54, 1.807) is 7.11 Å². The molecule has 2 rings (SSSR count). The molecule has 0 aromatic heterocycles. The van der Waals surface area contributed by atoms with Gasteiger partial charge in [0.2, 0.25) is 0 Å². The molecule has 3 nitrogen and oxygen atoms in total. The minimum absolute atomic E-state index is 0.0124. The first-order valence-electron chi connectivity index (χ1n) is 5.91. The molecule has 0 aliphatic carbocycles. The summed E-state index contributed by atoms with van der Waals surface area (Å²) in [7, 11) is 1.66. The highest BCUT2D eigenvalue weighted by molar-refractivity contribution is 9.10. The molecule has 1 saturated heterocycles. The number of rotatable bonds is 4. The molecule has 2 atom stereocenters. The van der Waals surface area contributed by atoms with E-state index in [0.717, 1.165) is 41.7 Å². The van der Waals surface area contributed by atoms with Gasteiger partial charge in [0, 0.05) is 17.1 Å². The van der Waals surface area contributed by atoms with Gasteiger partial charge >= 0.3 is 0 Å². The van der Waals surface area contributed by atoms with Crippen molar-refractivity contribution in [1.82, 2.24) is 0 Å². The third-order valence-corrected chi connectivity index (χ3v) is 3.83. The van der Waals surface area contributed by atoms with Crippen molar-refractivity contribution in [3.05, 3.63) is 28.2 Å². The Morgan fingerprint density at radius 2 is 2.41 bits per heavy atom. The molecular formula is C13H18BrNO2. The van der Waals surface area contributed by atoms with Gasteiger partial charge in [0.25, 0.3) is 0 Å². The van der Waals surface area contributed by atoms with E-state index >= 15 is 0 Å². The Morgan fingerprint density at radius 3 is 3.00 bits per heavy atom. The first-order chi connectivity index (χ1) is 8.20. The Kier molecular flexibility index (Phi) is 4.42. The average molecular weight is 300 g/mol. The lowest BCUT2D eigenvalue weighted by molar-refractivity contribution is 0.0983. The molecule has 0 amide bonds. The fourth-order valence-electron chi connectivity index (χ4n) is 2.18. The molecule has 4 heteroatoms. The zero-order chi connectivity index (χ0) is 12.3. The largest absolute Gasteiger partial charge is 0.497 e. The van der Waals surface area contributed by atoms with Crippen LogP contribution in [0.4, 0.5) is 0 Å². The molecule has 1 aromatic rings. The van der Waals surface area contributed by atoms with Gasteiger partial charge < -0.3 is 15.2 Å². The summed E-state index contributed by atoms with van der Waals surface area (Å²) in [5, 5.41) is 0. The molecule has 17 heavy (non-hydrogen) atoms. The lowest BCUT2D eigenvalue weighted by Gasteiger charge is -2.18. The summed E-state index contributed by atoms with van der Waals surface area (Å²) in [6.07, 6.45) is 3.48. The molecule has 1 fully saturated rings. The van der Waals surface area contributed by atoms with Crippen LogP contribution >= 0.6 is 15.9 Å². The molecular weight excluding hydrogens is 282 g/mol. The molecule has 1 heterocycles. The van der Waals surface area contributed by atoms with Gasteiger partial charge in [-0.3, -0.25) is 0 Å². The molecule has 1 aromatic carbocycles. The Labute approximate surface area is 110 Å². The molecule has 2 unspecified atom stereocenters. The zero-order valence-electron chi connectivity index (χ0n) is 9.99. The quantitative estimate of drug-likeness (QED) is 0.929. The average Bonchev–Trinajstić information content (AvgIpc) is 2.81. The highest BCUT2D eigenvalue weighted by Crippen LogP contribution is 2.30. The molecule has 0 spiro atoms. The minimum Gasteiger partial charge on any atom is -0.497 e. The number of nitrogens with two attached hydrogens (primary N) is 1. The molecule has 0 radical (unpaired) electrons. The number of halogens is 1. The Bertz CT molecular complexity index is 378. The number of benzene rings is 1. The van der Waals surface area contributed by atoms with E-state index in [9.17, 15) is 0 Å². The van der Waals surface area contributed by atoms with Crippen molar-refractivity contribution in [3.8, 4) is 5.75 Å². The van der Waals surface area contributed by atoms with Crippen molar-refractivity contribution in [2.24, 2.45) is 5.73 Å². The van der Waals surface area contributed by atoms with Gasteiger partial charge in [-0.1, -0.05) is 22.0 Å². The second-order valence-electron chi connectivity index (χ2n) is 4.36. The van der Waals surface area contributed by atoms with Crippen LogP contribution in [0.2, 0.25) is 0 Å². The van der Waals surface area contributed by atoms with Crippen molar-refractivity contribution in [2.75, 3.05) is 13.7 Å². The van der Waals surface area contributed by atoms with E-state index in [-0.39, 0.29) is 6.04 Å².